The third-order valence-electron chi connectivity index (χ3n) is 2.87. The number of aromatic hydroxyl groups is 1. The fraction of sp³-hybridized carbons (Fsp3) is 0.462. The molecule has 0 spiro atoms. The molecule has 1 N–H and O–H groups in total. The Kier molecular flexibility index (Phi) is 3.57. The average Bonchev–Trinajstić information content (AvgIpc) is 3.09. The largest absolute Gasteiger partial charge is 0.508 e. The Morgan fingerprint density at radius 1 is 1.59 bits per heavy atom. The van der Waals surface area contributed by atoms with Gasteiger partial charge in [0.05, 0.1) is 0 Å². The van der Waals surface area contributed by atoms with Crippen molar-refractivity contribution in [2.45, 2.75) is 37.7 Å². The second kappa shape index (κ2) is 4.96. The number of hydrogen-bond acceptors (Lipinski definition) is 2. The molecule has 0 heterocycles. The Morgan fingerprint density at radius 3 is 2.82 bits per heavy atom. The fourth-order valence-electron chi connectivity index (χ4n) is 1.85. The van der Waals surface area contributed by atoms with Crippen LogP contribution in [-0.2, 0) is 11.3 Å². The quantitative estimate of drug-likeness (QED) is 0.838. The number of phenols is 1. The molecule has 1 saturated carbocycles. The highest BCUT2D eigenvalue weighted by molar-refractivity contribution is 6.30. The fourth-order valence-corrected chi connectivity index (χ4v) is 1.98. The van der Waals surface area contributed by atoms with E-state index in [4.69, 9.17) is 11.6 Å². The number of amides is 1. The summed E-state index contributed by atoms with van der Waals surface area (Å²) in [5.74, 6) is 0.196. The number of halogens is 1. The number of alkyl halides is 1. The smallest absolute Gasteiger partial charge is 0.240 e. The van der Waals surface area contributed by atoms with Crippen LogP contribution in [0.25, 0.3) is 0 Å². The Balaban J connectivity index is 2.10. The van der Waals surface area contributed by atoms with E-state index in [9.17, 15) is 9.90 Å². The molecule has 3 nitrogen and oxygen atoms in total. The van der Waals surface area contributed by atoms with Gasteiger partial charge < -0.3 is 10.0 Å². The highest BCUT2D eigenvalue weighted by atomic mass is 35.5. The van der Waals surface area contributed by atoms with E-state index in [1.54, 1.807) is 25.1 Å². The number of nitrogens with zero attached hydrogens (tertiary/aromatic N) is 1. The number of phenolic OH excluding ortho intramolecular Hbond substituents is 1. The summed E-state index contributed by atoms with van der Waals surface area (Å²) in [5, 5.41) is 8.91. The maximum Gasteiger partial charge on any atom is 0.240 e. The number of carbonyl (C=O) groups excluding carboxylic acids is 1. The van der Waals surface area contributed by atoms with Crippen LogP contribution < -0.4 is 0 Å². The third kappa shape index (κ3) is 3.13. The molecule has 92 valence electrons. The van der Waals surface area contributed by atoms with Crippen LogP contribution >= 0.6 is 11.6 Å². The first-order valence-electron chi connectivity index (χ1n) is 5.80. The van der Waals surface area contributed by atoms with Crippen molar-refractivity contribution >= 4 is 17.5 Å². The van der Waals surface area contributed by atoms with Gasteiger partial charge in [0.15, 0.2) is 0 Å². The molecule has 0 aromatic heterocycles. The van der Waals surface area contributed by atoms with Gasteiger partial charge in [-0.2, -0.15) is 0 Å². The SMILES string of the molecule is CC(Cl)C(=O)N(Cc1cccc(O)c1)C1CC1. The van der Waals surface area contributed by atoms with E-state index in [-0.39, 0.29) is 11.7 Å². The van der Waals surface area contributed by atoms with Crippen LogP contribution in [0.15, 0.2) is 24.3 Å². The molecular weight excluding hydrogens is 238 g/mol. The van der Waals surface area contributed by atoms with Gasteiger partial charge in [-0.3, -0.25) is 4.79 Å². The van der Waals surface area contributed by atoms with Gasteiger partial charge in [0.1, 0.15) is 11.1 Å². The van der Waals surface area contributed by atoms with E-state index in [1.807, 2.05) is 11.0 Å². The molecule has 1 aromatic carbocycles. The van der Waals surface area contributed by atoms with Crippen LogP contribution in [0.3, 0.4) is 0 Å². The van der Waals surface area contributed by atoms with Gasteiger partial charge in [-0.05, 0) is 37.5 Å². The molecule has 1 aromatic rings. The first kappa shape index (κ1) is 12.2. The van der Waals surface area contributed by atoms with Crippen LogP contribution in [0.1, 0.15) is 25.3 Å². The zero-order chi connectivity index (χ0) is 12.4. The number of benzene rings is 1. The summed E-state index contributed by atoms with van der Waals surface area (Å²) < 4.78 is 0. The summed E-state index contributed by atoms with van der Waals surface area (Å²) in [5.41, 5.74) is 0.933. The minimum Gasteiger partial charge on any atom is -0.508 e. The van der Waals surface area contributed by atoms with Crippen LogP contribution in [0, 0.1) is 0 Å². The summed E-state index contributed by atoms with van der Waals surface area (Å²) in [7, 11) is 0. The van der Waals surface area contributed by atoms with Gasteiger partial charge in [0.2, 0.25) is 5.91 Å². The lowest BCUT2D eigenvalue weighted by atomic mass is 10.2. The lowest BCUT2D eigenvalue weighted by Crippen LogP contribution is -2.36. The Hall–Kier alpha value is -1.22. The number of rotatable bonds is 4. The van der Waals surface area contributed by atoms with Crippen molar-refractivity contribution < 1.29 is 9.90 Å². The molecule has 1 atom stereocenters. The third-order valence-corrected chi connectivity index (χ3v) is 3.06. The van der Waals surface area contributed by atoms with E-state index in [1.165, 1.54) is 0 Å². The lowest BCUT2D eigenvalue weighted by molar-refractivity contribution is -0.131. The molecule has 4 heteroatoms. The predicted octanol–water partition coefficient (Wildman–Crippen LogP) is 2.51. The molecule has 1 aliphatic carbocycles. The van der Waals surface area contributed by atoms with Gasteiger partial charge in [0, 0.05) is 12.6 Å². The molecule has 0 bridgehead atoms. The van der Waals surface area contributed by atoms with Crippen molar-refractivity contribution in [1.82, 2.24) is 4.90 Å². The summed E-state index contributed by atoms with van der Waals surface area (Å²) in [6.07, 6.45) is 2.10. The molecule has 0 saturated heterocycles. The summed E-state index contributed by atoms with van der Waals surface area (Å²) in [6.45, 7) is 2.22. The minimum absolute atomic E-state index is 0.0301. The van der Waals surface area contributed by atoms with E-state index < -0.39 is 5.38 Å². The molecule has 1 amide bonds. The van der Waals surface area contributed by atoms with Crippen LogP contribution in [-0.4, -0.2) is 27.3 Å². The van der Waals surface area contributed by atoms with Gasteiger partial charge >= 0.3 is 0 Å². The highest BCUT2D eigenvalue weighted by Gasteiger charge is 2.33. The minimum atomic E-state index is -0.493. The monoisotopic (exact) mass is 253 g/mol. The average molecular weight is 254 g/mol. The second-order valence-corrected chi connectivity index (χ2v) is 5.14. The molecule has 0 radical (unpaired) electrons. The first-order valence-corrected chi connectivity index (χ1v) is 6.24. The molecule has 1 fully saturated rings. The Labute approximate surface area is 106 Å². The van der Waals surface area contributed by atoms with Crippen molar-refractivity contribution in [1.29, 1.82) is 0 Å². The van der Waals surface area contributed by atoms with Crippen LogP contribution in [0.5, 0.6) is 5.75 Å². The maximum absolute atomic E-state index is 11.9. The van der Waals surface area contributed by atoms with Gasteiger partial charge in [-0.15, -0.1) is 11.6 Å². The highest BCUT2D eigenvalue weighted by Crippen LogP contribution is 2.29. The second-order valence-electron chi connectivity index (χ2n) is 4.48. The van der Waals surface area contributed by atoms with Gasteiger partial charge in [-0.25, -0.2) is 0 Å². The molecule has 17 heavy (non-hydrogen) atoms. The molecule has 0 aliphatic heterocycles. The zero-order valence-corrected chi connectivity index (χ0v) is 10.5. The molecule has 1 unspecified atom stereocenters. The normalized spacial score (nSPS) is 16.6. The summed E-state index contributed by atoms with van der Waals surface area (Å²) in [4.78, 5) is 13.8. The molecule has 2 rings (SSSR count). The number of hydrogen-bond donors (Lipinski definition) is 1. The van der Waals surface area contributed by atoms with E-state index in [0.29, 0.717) is 12.6 Å². The van der Waals surface area contributed by atoms with Crippen molar-refractivity contribution in [3.8, 4) is 5.75 Å². The Bertz CT molecular complexity index is 416. The zero-order valence-electron chi connectivity index (χ0n) is 9.77. The molecular formula is C13H16ClNO2. The predicted molar refractivity (Wildman–Crippen MR) is 67.0 cm³/mol. The molecule has 1 aliphatic rings. The first-order chi connectivity index (χ1) is 8.08. The lowest BCUT2D eigenvalue weighted by Gasteiger charge is -2.23. The maximum atomic E-state index is 11.9. The Morgan fingerprint density at radius 2 is 2.29 bits per heavy atom. The standard InChI is InChI=1S/C13H16ClNO2/c1-9(14)13(17)15(11-5-6-11)8-10-3-2-4-12(16)7-10/h2-4,7,9,11,16H,5-6,8H2,1H3. The van der Waals surface area contributed by atoms with Crippen molar-refractivity contribution in [3.05, 3.63) is 29.8 Å². The van der Waals surface area contributed by atoms with Crippen LogP contribution in [0.2, 0.25) is 0 Å². The summed E-state index contributed by atoms with van der Waals surface area (Å²) >= 11 is 5.85. The van der Waals surface area contributed by atoms with Crippen molar-refractivity contribution in [3.63, 3.8) is 0 Å². The van der Waals surface area contributed by atoms with Crippen molar-refractivity contribution in [2.75, 3.05) is 0 Å². The topological polar surface area (TPSA) is 40.5 Å². The van der Waals surface area contributed by atoms with E-state index in [0.717, 1.165) is 18.4 Å². The van der Waals surface area contributed by atoms with Crippen molar-refractivity contribution in [2.24, 2.45) is 0 Å². The van der Waals surface area contributed by atoms with Crippen LogP contribution in [0.4, 0.5) is 0 Å². The van der Waals surface area contributed by atoms with Gasteiger partial charge in [0.25, 0.3) is 0 Å². The van der Waals surface area contributed by atoms with E-state index in [2.05, 4.69) is 0 Å². The number of carbonyl (C=O) groups is 1. The van der Waals surface area contributed by atoms with E-state index >= 15 is 0 Å². The van der Waals surface area contributed by atoms with Gasteiger partial charge in [-0.1, -0.05) is 12.1 Å². The summed E-state index contributed by atoms with van der Waals surface area (Å²) in [6, 6.07) is 7.32.